The number of carbonyl (C=O) groups excluding carboxylic acids is 2. The highest BCUT2D eigenvalue weighted by Gasteiger charge is 2.21. The Morgan fingerprint density at radius 1 is 1.13 bits per heavy atom. The van der Waals surface area contributed by atoms with Crippen LogP contribution >= 0.6 is 11.3 Å². The second-order valence-electron chi connectivity index (χ2n) is 6.99. The summed E-state index contributed by atoms with van der Waals surface area (Å²) in [5.74, 6) is 0.256. The Morgan fingerprint density at radius 2 is 1.90 bits per heavy atom. The molecule has 6 nitrogen and oxygen atoms in total. The molecule has 0 spiro atoms. The van der Waals surface area contributed by atoms with Gasteiger partial charge in [0.2, 0.25) is 5.91 Å². The van der Waals surface area contributed by atoms with Crippen molar-refractivity contribution in [2.75, 3.05) is 18.1 Å². The van der Waals surface area contributed by atoms with E-state index in [4.69, 9.17) is 9.47 Å². The maximum absolute atomic E-state index is 12.1. The standard InChI is InChI=1S/C23H22N2O4S/c1-16-20(30-23(24-16)17-6-3-2-4-7-17)14-29-22(27)15-28-19-11-9-18(10-12-19)25-13-5-8-21(25)26/h2-4,6-7,9-12H,5,8,13-15H2,1H3. The molecule has 1 aliphatic heterocycles. The second-order valence-corrected chi connectivity index (χ2v) is 8.07. The summed E-state index contributed by atoms with van der Waals surface area (Å²) in [6.45, 7) is 2.66. The van der Waals surface area contributed by atoms with Crippen LogP contribution in [0.4, 0.5) is 5.69 Å². The first-order chi connectivity index (χ1) is 14.6. The largest absolute Gasteiger partial charge is 0.482 e. The molecule has 4 rings (SSSR count). The van der Waals surface area contributed by atoms with Crippen LogP contribution in [0.3, 0.4) is 0 Å². The summed E-state index contributed by atoms with van der Waals surface area (Å²) >= 11 is 1.52. The Morgan fingerprint density at radius 3 is 2.60 bits per heavy atom. The predicted molar refractivity (Wildman–Crippen MR) is 116 cm³/mol. The molecule has 0 saturated carbocycles. The molecule has 1 aromatic heterocycles. The van der Waals surface area contributed by atoms with E-state index < -0.39 is 5.97 Å². The number of hydrogen-bond acceptors (Lipinski definition) is 6. The van der Waals surface area contributed by atoms with E-state index in [9.17, 15) is 9.59 Å². The maximum atomic E-state index is 12.1. The van der Waals surface area contributed by atoms with Crippen molar-refractivity contribution in [2.24, 2.45) is 0 Å². The van der Waals surface area contributed by atoms with Crippen LogP contribution in [-0.2, 0) is 20.9 Å². The zero-order valence-electron chi connectivity index (χ0n) is 16.7. The number of aryl methyl sites for hydroxylation is 1. The van der Waals surface area contributed by atoms with Crippen molar-refractivity contribution in [1.29, 1.82) is 0 Å². The monoisotopic (exact) mass is 422 g/mol. The summed E-state index contributed by atoms with van der Waals surface area (Å²) in [5, 5.41) is 0.909. The van der Waals surface area contributed by atoms with Crippen molar-refractivity contribution < 1.29 is 19.1 Å². The van der Waals surface area contributed by atoms with Crippen LogP contribution in [0.25, 0.3) is 10.6 Å². The number of ether oxygens (including phenoxy) is 2. The molecule has 1 fully saturated rings. The Bertz CT molecular complexity index is 1030. The first-order valence-electron chi connectivity index (χ1n) is 9.81. The molecule has 1 aliphatic rings. The molecule has 3 aromatic rings. The molecule has 0 bridgehead atoms. The van der Waals surface area contributed by atoms with Gasteiger partial charge in [-0.25, -0.2) is 9.78 Å². The average molecular weight is 423 g/mol. The lowest BCUT2D eigenvalue weighted by molar-refractivity contribution is -0.147. The highest BCUT2D eigenvalue weighted by molar-refractivity contribution is 7.15. The lowest BCUT2D eigenvalue weighted by atomic mass is 10.2. The van der Waals surface area contributed by atoms with Crippen LogP contribution in [0.1, 0.15) is 23.4 Å². The molecule has 0 unspecified atom stereocenters. The lowest BCUT2D eigenvalue weighted by Crippen LogP contribution is -2.23. The fraction of sp³-hybridized carbons (Fsp3) is 0.261. The molecule has 154 valence electrons. The van der Waals surface area contributed by atoms with Gasteiger partial charge >= 0.3 is 5.97 Å². The summed E-state index contributed by atoms with van der Waals surface area (Å²) in [6, 6.07) is 17.1. The summed E-state index contributed by atoms with van der Waals surface area (Å²) in [4.78, 5) is 31.1. The van der Waals surface area contributed by atoms with Gasteiger partial charge in [0.05, 0.1) is 10.6 Å². The second kappa shape index (κ2) is 9.09. The van der Waals surface area contributed by atoms with Crippen LogP contribution in [-0.4, -0.2) is 30.0 Å². The molecule has 2 aromatic carbocycles. The number of carbonyl (C=O) groups is 2. The summed E-state index contributed by atoms with van der Waals surface area (Å²) in [6.07, 6.45) is 1.48. The average Bonchev–Trinajstić information content (AvgIpc) is 3.37. The fourth-order valence-electron chi connectivity index (χ4n) is 3.24. The smallest absolute Gasteiger partial charge is 0.344 e. The Labute approximate surface area is 179 Å². The maximum Gasteiger partial charge on any atom is 0.344 e. The summed E-state index contributed by atoms with van der Waals surface area (Å²) in [5.41, 5.74) is 2.76. The first-order valence-corrected chi connectivity index (χ1v) is 10.6. The van der Waals surface area contributed by atoms with Gasteiger partial charge in [0.25, 0.3) is 0 Å². The van der Waals surface area contributed by atoms with E-state index in [1.165, 1.54) is 11.3 Å². The fourth-order valence-corrected chi connectivity index (χ4v) is 4.22. The number of thiazole rings is 1. The zero-order valence-corrected chi connectivity index (χ0v) is 17.5. The Kier molecular flexibility index (Phi) is 6.09. The molecule has 2 heterocycles. The van der Waals surface area contributed by atoms with Gasteiger partial charge in [-0.1, -0.05) is 30.3 Å². The predicted octanol–water partition coefficient (Wildman–Crippen LogP) is 4.37. The zero-order chi connectivity index (χ0) is 20.9. The normalized spacial score (nSPS) is 13.5. The molecular formula is C23H22N2O4S. The van der Waals surface area contributed by atoms with E-state index in [2.05, 4.69) is 4.98 Å². The van der Waals surface area contributed by atoms with Gasteiger partial charge in [-0.3, -0.25) is 4.79 Å². The minimum Gasteiger partial charge on any atom is -0.482 e. The van der Waals surface area contributed by atoms with Crippen molar-refractivity contribution in [2.45, 2.75) is 26.4 Å². The molecule has 0 aliphatic carbocycles. The van der Waals surface area contributed by atoms with Crippen molar-refractivity contribution >= 4 is 28.9 Å². The van der Waals surface area contributed by atoms with E-state index in [1.807, 2.05) is 49.4 Å². The van der Waals surface area contributed by atoms with Crippen molar-refractivity contribution in [3.63, 3.8) is 0 Å². The quantitative estimate of drug-likeness (QED) is 0.529. The van der Waals surface area contributed by atoms with Crippen LogP contribution in [0, 0.1) is 6.92 Å². The molecule has 30 heavy (non-hydrogen) atoms. The first kappa shape index (κ1) is 20.1. The van der Waals surface area contributed by atoms with Crippen molar-refractivity contribution in [1.82, 2.24) is 4.98 Å². The number of nitrogens with zero attached hydrogens (tertiary/aromatic N) is 2. The summed E-state index contributed by atoms with van der Waals surface area (Å²) < 4.78 is 10.9. The third-order valence-corrected chi connectivity index (χ3v) is 6.04. The minimum absolute atomic E-state index is 0.140. The molecule has 0 radical (unpaired) electrons. The van der Waals surface area contributed by atoms with Gasteiger partial charge in [-0.2, -0.15) is 0 Å². The minimum atomic E-state index is -0.442. The van der Waals surface area contributed by atoms with Gasteiger partial charge in [-0.05, 0) is 37.6 Å². The van der Waals surface area contributed by atoms with Crippen molar-refractivity contribution in [3.05, 3.63) is 65.2 Å². The van der Waals surface area contributed by atoms with Crippen LogP contribution in [0.2, 0.25) is 0 Å². The SMILES string of the molecule is Cc1nc(-c2ccccc2)sc1COC(=O)COc1ccc(N2CCCC2=O)cc1. The van der Waals surface area contributed by atoms with Gasteiger partial charge in [0.1, 0.15) is 17.4 Å². The van der Waals surface area contributed by atoms with E-state index >= 15 is 0 Å². The van der Waals surface area contributed by atoms with Gasteiger partial charge in [0, 0.05) is 24.2 Å². The molecule has 0 atom stereocenters. The number of benzene rings is 2. The highest BCUT2D eigenvalue weighted by atomic mass is 32.1. The molecule has 1 saturated heterocycles. The van der Waals surface area contributed by atoms with Crippen LogP contribution in [0.5, 0.6) is 5.75 Å². The van der Waals surface area contributed by atoms with Gasteiger partial charge in [-0.15, -0.1) is 11.3 Å². The lowest BCUT2D eigenvalue weighted by Gasteiger charge is -2.16. The van der Waals surface area contributed by atoms with E-state index in [0.717, 1.165) is 39.8 Å². The van der Waals surface area contributed by atoms with Gasteiger partial charge < -0.3 is 14.4 Å². The topological polar surface area (TPSA) is 68.7 Å². The van der Waals surface area contributed by atoms with E-state index in [-0.39, 0.29) is 19.1 Å². The number of rotatable bonds is 7. The van der Waals surface area contributed by atoms with E-state index in [1.54, 1.807) is 17.0 Å². The molecular weight excluding hydrogens is 400 g/mol. The molecule has 1 amide bonds. The Hall–Kier alpha value is -3.19. The Balaban J connectivity index is 1.27. The number of amides is 1. The third kappa shape index (κ3) is 4.68. The summed E-state index contributed by atoms with van der Waals surface area (Å²) in [7, 11) is 0. The van der Waals surface area contributed by atoms with Crippen molar-refractivity contribution in [3.8, 4) is 16.3 Å². The highest BCUT2D eigenvalue weighted by Crippen LogP contribution is 2.28. The number of anilines is 1. The van der Waals surface area contributed by atoms with Gasteiger partial charge in [0.15, 0.2) is 6.61 Å². The van der Waals surface area contributed by atoms with E-state index in [0.29, 0.717) is 12.2 Å². The molecule has 7 heteroatoms. The number of hydrogen-bond donors (Lipinski definition) is 0. The number of aromatic nitrogens is 1. The molecule has 0 N–H and O–H groups in total. The van der Waals surface area contributed by atoms with Crippen LogP contribution < -0.4 is 9.64 Å². The number of esters is 1. The van der Waals surface area contributed by atoms with Crippen LogP contribution in [0.15, 0.2) is 54.6 Å². The third-order valence-electron chi connectivity index (χ3n) is 4.86.